The number of hydrogen-bond acceptors (Lipinski definition) is 0. The fourth-order valence-corrected chi connectivity index (χ4v) is 2.46. The van der Waals surface area contributed by atoms with E-state index < -0.39 is 0 Å². The van der Waals surface area contributed by atoms with Crippen LogP contribution in [0.15, 0.2) is 35.7 Å². The van der Waals surface area contributed by atoms with Crippen LogP contribution in [0.5, 0.6) is 0 Å². The maximum Gasteiger partial charge on any atom is -0.00188 e. The van der Waals surface area contributed by atoms with Crippen LogP contribution in [0, 0.1) is 0 Å². The molecule has 56 valence electrons. The summed E-state index contributed by atoms with van der Waals surface area (Å²) in [5.74, 6) is 2.24. The Morgan fingerprint density at radius 3 is 2.82 bits per heavy atom. The molecule has 1 heterocycles. The minimum absolute atomic E-state index is 0.891. The van der Waals surface area contributed by atoms with Crippen molar-refractivity contribution in [3.05, 3.63) is 41.0 Å². The Hall–Kier alpha value is -0.740. The second-order valence-corrected chi connectivity index (χ2v) is 3.99. The molecule has 1 aromatic heterocycles. The molecule has 0 N–H and O–H groups in total. The quantitative estimate of drug-likeness (QED) is 0.593. The standard InChI is InChI=1S/C10H11P/c1-8-4-2-5-9(8)10-6-3-7-11-10/h3-7,11H,2H2,1H3. The Labute approximate surface area is 68.7 Å². The van der Waals surface area contributed by atoms with Gasteiger partial charge in [0.05, 0.1) is 0 Å². The molecular formula is C10H11P. The zero-order valence-corrected chi connectivity index (χ0v) is 7.59. The van der Waals surface area contributed by atoms with E-state index in [4.69, 9.17) is 0 Å². The fourth-order valence-electron chi connectivity index (χ4n) is 1.44. The molecule has 1 aromatic rings. The molecule has 0 aliphatic heterocycles. The Morgan fingerprint density at radius 1 is 1.36 bits per heavy atom. The van der Waals surface area contributed by atoms with Gasteiger partial charge in [0.25, 0.3) is 0 Å². The van der Waals surface area contributed by atoms with E-state index in [2.05, 4.69) is 37.0 Å². The molecule has 0 saturated carbocycles. The summed E-state index contributed by atoms with van der Waals surface area (Å²) in [5.41, 5.74) is 2.93. The van der Waals surface area contributed by atoms with Gasteiger partial charge >= 0.3 is 0 Å². The van der Waals surface area contributed by atoms with E-state index in [1.165, 1.54) is 16.4 Å². The van der Waals surface area contributed by atoms with Gasteiger partial charge in [-0.2, -0.15) is 0 Å². The van der Waals surface area contributed by atoms with Crippen LogP contribution in [-0.2, 0) is 0 Å². The SMILES string of the molecule is CC1=CCC=C1c1ccc[pH]1. The lowest BCUT2D eigenvalue weighted by molar-refractivity contribution is 1.42. The third kappa shape index (κ3) is 1.19. The summed E-state index contributed by atoms with van der Waals surface area (Å²) < 4.78 is 0. The molecule has 2 rings (SSSR count). The molecule has 11 heavy (non-hydrogen) atoms. The molecule has 0 bridgehead atoms. The molecule has 1 aliphatic carbocycles. The number of rotatable bonds is 1. The highest BCUT2D eigenvalue weighted by Crippen LogP contribution is 2.33. The van der Waals surface area contributed by atoms with Crippen LogP contribution in [-0.4, -0.2) is 0 Å². The summed E-state index contributed by atoms with van der Waals surface area (Å²) in [6.45, 7) is 2.20. The summed E-state index contributed by atoms with van der Waals surface area (Å²) in [4.78, 5) is 0. The molecule has 0 saturated heterocycles. The Balaban J connectivity index is 2.38. The van der Waals surface area contributed by atoms with Crippen molar-refractivity contribution in [3.8, 4) is 0 Å². The van der Waals surface area contributed by atoms with Crippen molar-refractivity contribution in [2.24, 2.45) is 0 Å². The summed E-state index contributed by atoms with van der Waals surface area (Å²) in [6, 6.07) is 4.38. The van der Waals surface area contributed by atoms with E-state index in [0.717, 1.165) is 14.6 Å². The van der Waals surface area contributed by atoms with Gasteiger partial charge in [0, 0.05) is 0 Å². The van der Waals surface area contributed by atoms with E-state index in [0.29, 0.717) is 0 Å². The summed E-state index contributed by atoms with van der Waals surface area (Å²) >= 11 is 0. The number of allylic oxidation sites excluding steroid dienone is 4. The van der Waals surface area contributed by atoms with E-state index in [1.54, 1.807) is 0 Å². The smallest absolute Gasteiger partial charge is 0.00188 e. The van der Waals surface area contributed by atoms with E-state index in [1.807, 2.05) is 0 Å². The topological polar surface area (TPSA) is 0 Å². The maximum atomic E-state index is 2.32. The molecule has 0 nitrogen and oxygen atoms in total. The molecule has 1 atom stereocenters. The third-order valence-corrected chi connectivity index (χ3v) is 3.17. The summed E-state index contributed by atoms with van der Waals surface area (Å²) in [5, 5.41) is 1.51. The van der Waals surface area contributed by atoms with Gasteiger partial charge < -0.3 is 0 Å². The Bertz CT molecular complexity index is 302. The average molecular weight is 162 g/mol. The highest BCUT2D eigenvalue weighted by atomic mass is 31.0. The van der Waals surface area contributed by atoms with Crippen LogP contribution in [0.1, 0.15) is 18.6 Å². The van der Waals surface area contributed by atoms with E-state index in [9.17, 15) is 0 Å². The molecule has 0 amide bonds. The van der Waals surface area contributed by atoms with Gasteiger partial charge in [-0.15, -0.1) is 8.19 Å². The van der Waals surface area contributed by atoms with Gasteiger partial charge in [-0.05, 0) is 35.6 Å². The molecule has 1 aliphatic rings. The van der Waals surface area contributed by atoms with Gasteiger partial charge in [-0.1, -0.05) is 24.3 Å². The lowest BCUT2D eigenvalue weighted by Crippen LogP contribution is -1.74. The Morgan fingerprint density at radius 2 is 2.27 bits per heavy atom. The normalized spacial score (nSPS) is 17.2. The predicted octanol–water partition coefficient (Wildman–Crippen LogP) is 3.45. The predicted molar refractivity (Wildman–Crippen MR) is 52.3 cm³/mol. The molecule has 0 radical (unpaired) electrons. The zero-order chi connectivity index (χ0) is 7.68. The Kier molecular flexibility index (Phi) is 1.71. The van der Waals surface area contributed by atoms with Crippen molar-refractivity contribution in [1.82, 2.24) is 0 Å². The van der Waals surface area contributed by atoms with Crippen LogP contribution in [0.25, 0.3) is 5.57 Å². The molecule has 0 spiro atoms. The van der Waals surface area contributed by atoms with Gasteiger partial charge in [0.2, 0.25) is 0 Å². The van der Waals surface area contributed by atoms with Crippen LogP contribution < -0.4 is 0 Å². The van der Waals surface area contributed by atoms with Crippen LogP contribution >= 0.6 is 8.19 Å². The first-order valence-corrected chi connectivity index (χ1v) is 4.97. The first-order valence-electron chi connectivity index (χ1n) is 3.89. The highest BCUT2D eigenvalue weighted by molar-refractivity contribution is 7.31. The first kappa shape index (κ1) is 6.94. The maximum absolute atomic E-state index is 2.32. The first-order chi connectivity index (χ1) is 5.38. The molecule has 1 heteroatoms. The van der Waals surface area contributed by atoms with Gasteiger partial charge in [-0.3, -0.25) is 0 Å². The number of hydrogen-bond donors (Lipinski definition) is 0. The van der Waals surface area contributed by atoms with Crippen molar-refractivity contribution in [1.29, 1.82) is 0 Å². The summed E-state index contributed by atoms with van der Waals surface area (Å²) in [6.07, 6.45) is 5.74. The van der Waals surface area contributed by atoms with Crippen LogP contribution in [0.2, 0.25) is 0 Å². The van der Waals surface area contributed by atoms with Crippen molar-refractivity contribution < 1.29 is 0 Å². The lowest BCUT2D eigenvalue weighted by atomic mass is 10.1. The zero-order valence-electron chi connectivity index (χ0n) is 6.59. The monoisotopic (exact) mass is 162 g/mol. The van der Waals surface area contributed by atoms with Crippen molar-refractivity contribution >= 4 is 13.8 Å². The molecular weight excluding hydrogens is 151 g/mol. The second kappa shape index (κ2) is 2.71. The van der Waals surface area contributed by atoms with Crippen LogP contribution in [0.3, 0.4) is 0 Å². The van der Waals surface area contributed by atoms with E-state index in [-0.39, 0.29) is 0 Å². The minimum atomic E-state index is 0.891. The molecule has 0 aromatic carbocycles. The minimum Gasteiger partial charge on any atom is -0.132 e. The average Bonchev–Trinajstić information content (AvgIpc) is 2.55. The van der Waals surface area contributed by atoms with Crippen LogP contribution in [0.4, 0.5) is 0 Å². The largest absolute Gasteiger partial charge is 0.132 e. The second-order valence-electron chi connectivity index (χ2n) is 2.82. The van der Waals surface area contributed by atoms with Gasteiger partial charge in [0.1, 0.15) is 0 Å². The highest BCUT2D eigenvalue weighted by Gasteiger charge is 2.06. The van der Waals surface area contributed by atoms with E-state index >= 15 is 0 Å². The molecule has 0 fully saturated rings. The fraction of sp³-hybridized carbons (Fsp3) is 0.200. The van der Waals surface area contributed by atoms with Gasteiger partial charge in [-0.25, -0.2) is 0 Å². The summed E-state index contributed by atoms with van der Waals surface area (Å²) in [7, 11) is 0.891. The lowest BCUT2D eigenvalue weighted by Gasteiger charge is -1.99. The van der Waals surface area contributed by atoms with Crippen molar-refractivity contribution in [3.63, 3.8) is 0 Å². The van der Waals surface area contributed by atoms with Crippen molar-refractivity contribution in [2.75, 3.05) is 0 Å². The third-order valence-electron chi connectivity index (χ3n) is 2.06. The van der Waals surface area contributed by atoms with Crippen molar-refractivity contribution in [2.45, 2.75) is 13.3 Å². The van der Waals surface area contributed by atoms with Gasteiger partial charge in [0.15, 0.2) is 0 Å². The molecule has 1 unspecified atom stereocenters.